The van der Waals surface area contributed by atoms with Crippen molar-refractivity contribution in [2.45, 2.75) is 25.3 Å². The monoisotopic (exact) mass is 456 g/mol. The van der Waals surface area contributed by atoms with Crippen LogP contribution in [0.25, 0.3) is 0 Å². The summed E-state index contributed by atoms with van der Waals surface area (Å²) in [7, 11) is 3.19. The number of hydrogen-bond acceptors (Lipinski definition) is 7. The molecule has 0 radical (unpaired) electrons. The summed E-state index contributed by atoms with van der Waals surface area (Å²) in [5.41, 5.74) is 7.32. The van der Waals surface area contributed by atoms with Crippen molar-refractivity contribution in [3.8, 4) is 11.5 Å². The third-order valence-electron chi connectivity index (χ3n) is 6.03. The van der Waals surface area contributed by atoms with Crippen LogP contribution in [0.5, 0.6) is 11.5 Å². The number of methoxy groups -OCH3 is 2. The van der Waals surface area contributed by atoms with Crippen molar-refractivity contribution in [1.82, 2.24) is 9.91 Å². The van der Waals surface area contributed by atoms with Crippen LogP contribution in [-0.2, 0) is 9.59 Å². The average Bonchev–Trinajstić information content (AvgIpc) is 3.49. The fraction of sp³-hybridized carbons (Fsp3) is 0.435. The van der Waals surface area contributed by atoms with E-state index in [4.69, 9.17) is 20.3 Å². The summed E-state index contributed by atoms with van der Waals surface area (Å²) in [6.07, 6.45) is 2.24. The van der Waals surface area contributed by atoms with Crippen LogP contribution in [0, 0.1) is 5.92 Å². The smallest absolute Gasteiger partial charge is 0.257 e. The zero-order valence-electron chi connectivity index (χ0n) is 18.3. The van der Waals surface area contributed by atoms with Gasteiger partial charge >= 0.3 is 0 Å². The molecule has 0 spiro atoms. The van der Waals surface area contributed by atoms with Crippen molar-refractivity contribution in [2.75, 3.05) is 33.9 Å². The highest BCUT2D eigenvalue weighted by molar-refractivity contribution is 7.12. The summed E-state index contributed by atoms with van der Waals surface area (Å²) >= 11 is 1.61. The van der Waals surface area contributed by atoms with E-state index in [1.54, 1.807) is 30.6 Å². The van der Waals surface area contributed by atoms with Crippen LogP contribution in [0.2, 0.25) is 0 Å². The number of hydrazone groups is 1. The first-order valence-corrected chi connectivity index (χ1v) is 11.5. The normalized spacial score (nSPS) is 21.3. The topological polar surface area (TPSA) is 97.5 Å². The van der Waals surface area contributed by atoms with Gasteiger partial charge in [0.1, 0.15) is 0 Å². The number of likely N-dealkylation sites (tertiary alicyclic amines) is 1. The zero-order chi connectivity index (χ0) is 22.7. The lowest BCUT2D eigenvalue weighted by molar-refractivity contribution is -0.135. The number of piperidine rings is 1. The van der Waals surface area contributed by atoms with Crippen LogP contribution in [0.3, 0.4) is 0 Å². The second-order valence-corrected chi connectivity index (χ2v) is 9.02. The Morgan fingerprint density at radius 2 is 2.03 bits per heavy atom. The molecule has 4 rings (SSSR count). The number of benzene rings is 1. The van der Waals surface area contributed by atoms with E-state index < -0.39 is 0 Å². The molecule has 9 heteroatoms. The molecule has 2 N–H and O–H groups in total. The van der Waals surface area contributed by atoms with Crippen molar-refractivity contribution in [1.29, 1.82) is 0 Å². The predicted octanol–water partition coefficient (Wildman–Crippen LogP) is 2.64. The van der Waals surface area contributed by atoms with Crippen molar-refractivity contribution in [3.05, 3.63) is 46.2 Å². The Morgan fingerprint density at radius 1 is 1.22 bits per heavy atom. The predicted molar refractivity (Wildman–Crippen MR) is 123 cm³/mol. The molecule has 2 aliphatic rings. The Bertz CT molecular complexity index is 1010. The first kappa shape index (κ1) is 22.3. The molecular weight excluding hydrogens is 428 g/mol. The second kappa shape index (κ2) is 9.70. The summed E-state index contributed by atoms with van der Waals surface area (Å²) in [6.45, 7) is 1.48. The lowest BCUT2D eigenvalue weighted by atomic mass is 9.97. The number of nitrogens with zero attached hydrogens (tertiary/aromatic N) is 3. The number of thiophene rings is 1. The highest BCUT2D eigenvalue weighted by atomic mass is 32.1. The first-order valence-electron chi connectivity index (χ1n) is 10.7. The number of primary amides is 1. The number of rotatable bonds is 7. The third-order valence-corrected chi connectivity index (χ3v) is 6.95. The van der Waals surface area contributed by atoms with Crippen LogP contribution in [0.4, 0.5) is 0 Å². The minimum absolute atomic E-state index is 0.0959. The molecule has 0 bridgehead atoms. The van der Waals surface area contributed by atoms with Crippen molar-refractivity contribution in [2.24, 2.45) is 16.8 Å². The van der Waals surface area contributed by atoms with Gasteiger partial charge in [0.05, 0.1) is 43.3 Å². The molecule has 2 atom stereocenters. The fourth-order valence-electron chi connectivity index (χ4n) is 4.35. The summed E-state index contributed by atoms with van der Waals surface area (Å²) < 4.78 is 10.8. The van der Waals surface area contributed by atoms with Gasteiger partial charge in [0.15, 0.2) is 11.5 Å². The van der Waals surface area contributed by atoms with E-state index in [2.05, 4.69) is 0 Å². The van der Waals surface area contributed by atoms with E-state index in [-0.39, 0.29) is 30.3 Å². The van der Waals surface area contributed by atoms with Gasteiger partial charge in [0.2, 0.25) is 5.91 Å². The maximum Gasteiger partial charge on any atom is 0.257 e. The average molecular weight is 457 g/mol. The van der Waals surface area contributed by atoms with Gasteiger partial charge in [0, 0.05) is 13.0 Å². The van der Waals surface area contributed by atoms with Crippen molar-refractivity contribution in [3.63, 3.8) is 0 Å². The Hall–Kier alpha value is -2.91. The molecule has 1 aromatic carbocycles. The summed E-state index contributed by atoms with van der Waals surface area (Å²) in [4.78, 5) is 28.1. The number of ether oxygens (including phenoxy) is 2. The highest BCUT2D eigenvalue weighted by Crippen LogP contribution is 2.38. The standard InChI is InChI=1S/C23H28N4O4S/c1-30-19-8-7-15(11-20(19)31-2)18-12-17(21-6-4-10-32-21)25-27(18)22(28)14-26-9-3-5-16(13-26)23(24)29/h4,6-8,10-11,16,18H,3,5,9,12-14H2,1-2H3,(H2,24,29)/t16-,18+/m0/s1. The largest absolute Gasteiger partial charge is 0.493 e. The van der Waals surface area contributed by atoms with Crippen molar-refractivity contribution >= 4 is 28.9 Å². The van der Waals surface area contributed by atoms with Crippen LogP contribution >= 0.6 is 11.3 Å². The van der Waals surface area contributed by atoms with Gasteiger partial charge in [-0.05, 0) is 48.5 Å². The van der Waals surface area contributed by atoms with Gasteiger partial charge in [0.25, 0.3) is 5.91 Å². The number of carbonyl (C=O) groups is 2. The molecule has 1 aromatic heterocycles. The van der Waals surface area contributed by atoms with Gasteiger partial charge < -0.3 is 15.2 Å². The molecule has 170 valence electrons. The third kappa shape index (κ3) is 4.63. The molecule has 1 fully saturated rings. The SMILES string of the molecule is COc1ccc([C@H]2CC(c3cccs3)=NN2C(=O)CN2CCC[C@H](C(N)=O)C2)cc1OC. The second-order valence-electron chi connectivity index (χ2n) is 8.07. The van der Waals surface area contributed by atoms with Gasteiger partial charge in [-0.2, -0.15) is 5.10 Å². The molecule has 1 saturated heterocycles. The van der Waals surface area contributed by atoms with Gasteiger partial charge in [-0.1, -0.05) is 12.1 Å². The summed E-state index contributed by atoms with van der Waals surface area (Å²) in [5, 5.41) is 8.32. The van der Waals surface area contributed by atoms with Crippen molar-refractivity contribution < 1.29 is 19.1 Å². The van der Waals surface area contributed by atoms with Gasteiger partial charge in [-0.25, -0.2) is 5.01 Å². The van der Waals surface area contributed by atoms with Gasteiger partial charge in [-0.3, -0.25) is 14.5 Å². The minimum atomic E-state index is -0.301. The van der Waals surface area contributed by atoms with Crippen LogP contribution < -0.4 is 15.2 Å². The van der Waals surface area contributed by atoms with E-state index in [9.17, 15) is 9.59 Å². The zero-order valence-corrected chi connectivity index (χ0v) is 19.1. The molecule has 32 heavy (non-hydrogen) atoms. The number of amides is 2. The molecular formula is C23H28N4O4S. The first-order chi connectivity index (χ1) is 15.5. The van der Waals surface area contributed by atoms with E-state index in [0.717, 1.165) is 35.5 Å². The number of carbonyl (C=O) groups excluding carboxylic acids is 2. The van der Waals surface area contributed by atoms with Crippen LogP contribution in [0.1, 0.15) is 35.7 Å². The number of nitrogens with two attached hydrogens (primary N) is 1. The molecule has 2 amide bonds. The molecule has 0 unspecified atom stereocenters. The number of hydrogen-bond donors (Lipinski definition) is 1. The molecule has 2 aromatic rings. The molecule has 0 aliphatic carbocycles. The quantitative estimate of drug-likeness (QED) is 0.691. The highest BCUT2D eigenvalue weighted by Gasteiger charge is 2.35. The van der Waals surface area contributed by atoms with Gasteiger partial charge in [-0.15, -0.1) is 11.3 Å². The Kier molecular flexibility index (Phi) is 6.76. The minimum Gasteiger partial charge on any atom is -0.493 e. The van der Waals surface area contributed by atoms with E-state index in [0.29, 0.717) is 24.5 Å². The van der Waals surface area contributed by atoms with E-state index in [1.165, 1.54) is 0 Å². The maximum atomic E-state index is 13.4. The summed E-state index contributed by atoms with van der Waals surface area (Å²) in [6, 6.07) is 9.46. The lowest BCUT2D eigenvalue weighted by Gasteiger charge is -2.32. The van der Waals surface area contributed by atoms with Crippen LogP contribution in [0.15, 0.2) is 40.8 Å². The molecule has 2 aliphatic heterocycles. The fourth-order valence-corrected chi connectivity index (χ4v) is 5.07. The summed E-state index contributed by atoms with van der Waals surface area (Å²) in [5.74, 6) is 0.646. The maximum absolute atomic E-state index is 13.4. The van der Waals surface area contributed by atoms with E-state index in [1.807, 2.05) is 40.6 Å². The van der Waals surface area contributed by atoms with Crippen LogP contribution in [-0.4, -0.2) is 61.3 Å². The molecule has 3 heterocycles. The molecule has 0 saturated carbocycles. The lowest BCUT2D eigenvalue weighted by Crippen LogP contribution is -2.45. The Balaban J connectivity index is 1.58. The van der Waals surface area contributed by atoms with E-state index >= 15 is 0 Å². The Morgan fingerprint density at radius 3 is 2.72 bits per heavy atom. The Labute approximate surface area is 191 Å². The molecule has 8 nitrogen and oxygen atoms in total.